The summed E-state index contributed by atoms with van der Waals surface area (Å²) in [4.78, 5) is 13.7. The predicted molar refractivity (Wildman–Crippen MR) is 167 cm³/mol. The summed E-state index contributed by atoms with van der Waals surface area (Å²) in [6.07, 6.45) is 2.66. The molecule has 0 radical (unpaired) electrons. The molecular weight excluding hydrogens is 576 g/mol. The zero-order valence-electron chi connectivity index (χ0n) is 28.3. The molecule has 0 aromatic carbocycles. The number of hydrogen-bond acceptors (Lipinski definition) is 9. The van der Waals surface area contributed by atoms with Crippen molar-refractivity contribution in [1.82, 2.24) is 0 Å². The van der Waals surface area contributed by atoms with Crippen LogP contribution in [0.5, 0.6) is 0 Å². The highest BCUT2D eigenvalue weighted by Crippen LogP contribution is 2.87. The summed E-state index contributed by atoms with van der Waals surface area (Å²) in [5.41, 5.74) is -1.72. The van der Waals surface area contributed by atoms with E-state index in [0.29, 0.717) is 30.5 Å². The molecule has 5 fully saturated rings. The number of ketones is 1. The lowest BCUT2D eigenvalue weighted by atomic mass is 9.41. The van der Waals surface area contributed by atoms with Gasteiger partial charge in [-0.3, -0.25) is 4.79 Å². The Morgan fingerprint density at radius 1 is 1.00 bits per heavy atom. The van der Waals surface area contributed by atoms with Gasteiger partial charge >= 0.3 is 0 Å². The number of allylic oxidation sites excluding steroid dienone is 2. The molecule has 45 heavy (non-hydrogen) atoms. The minimum absolute atomic E-state index is 0.0102. The van der Waals surface area contributed by atoms with Crippen LogP contribution >= 0.6 is 0 Å². The number of rotatable bonds is 8. The Labute approximate surface area is 268 Å². The quantitative estimate of drug-likeness (QED) is 0.236. The monoisotopic (exact) mass is 634 g/mol. The van der Waals surface area contributed by atoms with Crippen LogP contribution in [0.25, 0.3) is 0 Å². The van der Waals surface area contributed by atoms with E-state index in [1.54, 1.807) is 13.8 Å². The van der Waals surface area contributed by atoms with E-state index in [0.717, 1.165) is 38.5 Å². The van der Waals surface area contributed by atoms with Crippen LogP contribution in [-0.4, -0.2) is 91.5 Å². The number of carbonyl (C=O) groups is 1. The van der Waals surface area contributed by atoms with Crippen molar-refractivity contribution in [3.8, 4) is 0 Å². The summed E-state index contributed by atoms with van der Waals surface area (Å²) in [6, 6.07) is 0. The van der Waals surface area contributed by atoms with Crippen LogP contribution in [0.4, 0.5) is 0 Å². The number of ether oxygens (including phenoxy) is 2. The van der Waals surface area contributed by atoms with Crippen LogP contribution in [-0.2, 0) is 14.3 Å². The van der Waals surface area contributed by atoms with Gasteiger partial charge in [0.2, 0.25) is 0 Å². The molecule has 4 saturated carbocycles. The Kier molecular flexibility index (Phi) is 8.15. The first-order chi connectivity index (χ1) is 20.8. The third kappa shape index (κ3) is 4.58. The van der Waals surface area contributed by atoms with E-state index in [4.69, 9.17) is 9.47 Å². The van der Waals surface area contributed by atoms with Crippen molar-refractivity contribution >= 4 is 5.78 Å². The van der Waals surface area contributed by atoms with Gasteiger partial charge in [-0.1, -0.05) is 40.7 Å². The fourth-order valence-electron chi connectivity index (χ4n) is 12.1. The molecule has 5 aliphatic carbocycles. The average Bonchev–Trinajstić information content (AvgIpc) is 3.57. The van der Waals surface area contributed by atoms with Gasteiger partial charge in [-0.25, -0.2) is 0 Å². The SMILES string of the molecule is CC(CCC(O)C(C)(C)OC1OC(CO)C(O)C(O)C1O)C1CCC2(C)C3C(O)CC4C(C)(C)C=CC(=O)C45CC35CCC12C. The van der Waals surface area contributed by atoms with Gasteiger partial charge in [0.25, 0.3) is 0 Å². The molecule has 1 saturated heterocycles. The Balaban J connectivity index is 1.14. The molecule has 1 heterocycles. The Hall–Kier alpha value is -0.910. The van der Waals surface area contributed by atoms with Crippen molar-refractivity contribution in [2.45, 2.75) is 148 Å². The van der Waals surface area contributed by atoms with Gasteiger partial charge in [-0.15, -0.1) is 0 Å². The van der Waals surface area contributed by atoms with Crippen molar-refractivity contribution in [3.63, 3.8) is 0 Å². The van der Waals surface area contributed by atoms with Crippen LogP contribution in [0.1, 0.15) is 99.8 Å². The maximum Gasteiger partial charge on any atom is 0.187 e. The van der Waals surface area contributed by atoms with E-state index < -0.39 is 55.1 Å². The van der Waals surface area contributed by atoms with E-state index in [9.17, 15) is 35.4 Å². The fraction of sp³-hybridized carbons (Fsp3) is 0.917. The van der Waals surface area contributed by atoms with Crippen LogP contribution < -0.4 is 0 Å². The summed E-state index contributed by atoms with van der Waals surface area (Å²) in [6.45, 7) is 14.4. The third-order valence-corrected chi connectivity index (χ3v) is 14.9. The van der Waals surface area contributed by atoms with Gasteiger partial charge in [0, 0.05) is 5.41 Å². The summed E-state index contributed by atoms with van der Waals surface area (Å²) in [5.74, 6) is 1.32. The molecular formula is C36H58O9. The third-order valence-electron chi connectivity index (χ3n) is 14.9. The van der Waals surface area contributed by atoms with E-state index >= 15 is 0 Å². The van der Waals surface area contributed by atoms with Gasteiger partial charge in [0.15, 0.2) is 12.1 Å². The van der Waals surface area contributed by atoms with Gasteiger partial charge in [0.05, 0.1) is 24.4 Å². The van der Waals surface area contributed by atoms with E-state index in [-0.39, 0.29) is 38.9 Å². The van der Waals surface area contributed by atoms with Crippen molar-refractivity contribution in [1.29, 1.82) is 0 Å². The maximum absolute atomic E-state index is 13.7. The largest absolute Gasteiger partial charge is 0.394 e. The first kappa shape index (κ1) is 34.0. The standard InChI is InChI=1S/C36H58O9/c1-19(8-9-24(39)32(4,5)45-30-28(43)27(42)26(41)22(17-37)44-30)20-10-13-34(7)29-21(38)16-23-31(2,3)12-11-25(40)36(23)18-35(29,36)15-14-33(20,34)6/h11-12,19-24,26-30,37-39,41-43H,8-10,13-18H2,1-7H3. The summed E-state index contributed by atoms with van der Waals surface area (Å²) < 4.78 is 11.5. The molecule has 15 atom stereocenters. The van der Waals surface area contributed by atoms with Crippen molar-refractivity contribution in [2.75, 3.05) is 6.61 Å². The van der Waals surface area contributed by atoms with Gasteiger partial charge < -0.3 is 40.1 Å². The molecule has 256 valence electrons. The fourth-order valence-corrected chi connectivity index (χ4v) is 12.1. The van der Waals surface area contributed by atoms with Crippen LogP contribution in [0.15, 0.2) is 12.2 Å². The molecule has 2 spiro atoms. The minimum Gasteiger partial charge on any atom is -0.394 e. The van der Waals surface area contributed by atoms with Crippen LogP contribution in [0.3, 0.4) is 0 Å². The Morgan fingerprint density at radius 2 is 1.69 bits per heavy atom. The van der Waals surface area contributed by atoms with E-state index in [2.05, 4.69) is 40.7 Å². The summed E-state index contributed by atoms with van der Waals surface area (Å²) in [7, 11) is 0. The molecule has 6 rings (SSSR count). The van der Waals surface area contributed by atoms with Crippen molar-refractivity contribution in [2.24, 2.45) is 50.7 Å². The zero-order valence-corrected chi connectivity index (χ0v) is 28.3. The molecule has 0 amide bonds. The number of aliphatic hydroxyl groups excluding tert-OH is 6. The topological polar surface area (TPSA) is 157 Å². The molecule has 6 aliphatic rings. The van der Waals surface area contributed by atoms with E-state index in [1.807, 2.05) is 6.08 Å². The molecule has 6 N–H and O–H groups in total. The molecule has 15 unspecified atom stereocenters. The lowest BCUT2D eigenvalue weighted by Gasteiger charge is -2.63. The summed E-state index contributed by atoms with van der Waals surface area (Å²) >= 11 is 0. The normalized spacial score (nSPS) is 51.5. The molecule has 0 aromatic rings. The first-order valence-electron chi connectivity index (χ1n) is 17.4. The van der Waals surface area contributed by atoms with Crippen molar-refractivity contribution in [3.05, 3.63) is 12.2 Å². The maximum atomic E-state index is 13.7. The molecule has 9 heteroatoms. The average molecular weight is 635 g/mol. The number of carbonyl (C=O) groups excluding carboxylic acids is 1. The minimum atomic E-state index is -1.54. The Morgan fingerprint density at radius 3 is 2.36 bits per heavy atom. The number of aliphatic hydroxyl groups is 6. The molecule has 0 aromatic heterocycles. The number of hydrogen-bond donors (Lipinski definition) is 6. The van der Waals surface area contributed by atoms with Crippen molar-refractivity contribution < 1.29 is 44.9 Å². The Bertz CT molecular complexity index is 1200. The second kappa shape index (κ2) is 10.8. The molecule has 9 nitrogen and oxygen atoms in total. The second-order valence-electron chi connectivity index (χ2n) is 17.6. The van der Waals surface area contributed by atoms with Gasteiger partial charge in [-0.2, -0.15) is 0 Å². The van der Waals surface area contributed by atoms with E-state index in [1.165, 1.54) is 0 Å². The molecule has 0 bridgehead atoms. The zero-order chi connectivity index (χ0) is 33.1. The summed E-state index contributed by atoms with van der Waals surface area (Å²) in [5, 5.41) is 63.5. The van der Waals surface area contributed by atoms with Gasteiger partial charge in [0.1, 0.15) is 24.4 Å². The number of fused-ring (bicyclic) bond motifs is 2. The van der Waals surface area contributed by atoms with Gasteiger partial charge in [-0.05, 0) is 117 Å². The highest BCUT2D eigenvalue weighted by Gasteiger charge is 2.85. The highest BCUT2D eigenvalue weighted by atomic mass is 16.7. The highest BCUT2D eigenvalue weighted by molar-refractivity contribution is 6.00. The molecule has 1 aliphatic heterocycles. The predicted octanol–water partition coefficient (Wildman–Crippen LogP) is 3.11. The first-order valence-corrected chi connectivity index (χ1v) is 17.4. The smallest absolute Gasteiger partial charge is 0.187 e. The van der Waals surface area contributed by atoms with Crippen LogP contribution in [0.2, 0.25) is 0 Å². The second-order valence-corrected chi connectivity index (χ2v) is 17.6. The van der Waals surface area contributed by atoms with Crippen LogP contribution in [0, 0.1) is 50.7 Å². The lowest BCUT2D eigenvalue weighted by molar-refractivity contribution is -0.331. The lowest BCUT2D eigenvalue weighted by Crippen LogP contribution is -2.61.